The summed E-state index contributed by atoms with van der Waals surface area (Å²) in [5, 5.41) is 10.8. The van der Waals surface area contributed by atoms with Crippen LogP contribution < -0.4 is 5.56 Å². The van der Waals surface area contributed by atoms with E-state index in [9.17, 15) is 14.7 Å². The molecule has 1 heterocycles. The second kappa shape index (κ2) is 5.54. The zero-order valence-electron chi connectivity index (χ0n) is 11.1. The smallest absolute Gasteiger partial charge is 0.347 e. The van der Waals surface area contributed by atoms with Crippen LogP contribution in [0.2, 0.25) is 5.02 Å². The first kappa shape index (κ1) is 14.4. The van der Waals surface area contributed by atoms with Gasteiger partial charge in [0, 0.05) is 6.54 Å². The van der Waals surface area contributed by atoms with Crippen molar-refractivity contribution in [1.82, 2.24) is 4.57 Å². The van der Waals surface area contributed by atoms with Crippen molar-refractivity contribution in [2.75, 3.05) is 6.61 Å². The predicted molar refractivity (Wildman–Crippen MR) is 76.5 cm³/mol. The highest BCUT2D eigenvalue weighted by molar-refractivity contribution is 6.36. The molecule has 5 nitrogen and oxygen atoms in total. The zero-order chi connectivity index (χ0) is 14.9. The standard InChI is InChI=1S/C14H14ClNO4/c1-3-16-9-7-5-6-8(15)10(9)12(17)11(13(16)18)14(19)20-4-2/h5-7,17H,3-4H2,1-2H3. The Morgan fingerprint density at radius 3 is 2.70 bits per heavy atom. The third-order valence-electron chi connectivity index (χ3n) is 3.01. The van der Waals surface area contributed by atoms with Gasteiger partial charge in [-0.05, 0) is 26.0 Å². The van der Waals surface area contributed by atoms with E-state index in [0.717, 1.165) is 0 Å². The summed E-state index contributed by atoms with van der Waals surface area (Å²) in [5.41, 5.74) is -0.483. The van der Waals surface area contributed by atoms with Crippen LogP contribution in [0.4, 0.5) is 0 Å². The van der Waals surface area contributed by atoms with Gasteiger partial charge in [0.2, 0.25) is 0 Å². The topological polar surface area (TPSA) is 68.5 Å². The quantitative estimate of drug-likeness (QED) is 0.884. The number of ether oxygens (including phenoxy) is 1. The normalized spacial score (nSPS) is 10.8. The molecule has 1 N–H and O–H groups in total. The molecule has 106 valence electrons. The number of benzene rings is 1. The Kier molecular flexibility index (Phi) is 3.99. The summed E-state index contributed by atoms with van der Waals surface area (Å²) < 4.78 is 6.20. The second-order valence-electron chi connectivity index (χ2n) is 4.13. The Balaban J connectivity index is 2.93. The summed E-state index contributed by atoms with van der Waals surface area (Å²) in [6.45, 7) is 3.86. The van der Waals surface area contributed by atoms with Crippen molar-refractivity contribution in [3.05, 3.63) is 39.1 Å². The number of esters is 1. The van der Waals surface area contributed by atoms with Crippen LogP contribution in [0.5, 0.6) is 5.75 Å². The number of hydrogen-bond acceptors (Lipinski definition) is 4. The number of nitrogens with zero attached hydrogens (tertiary/aromatic N) is 1. The molecule has 2 aromatic rings. The third-order valence-corrected chi connectivity index (χ3v) is 3.33. The largest absolute Gasteiger partial charge is 0.506 e. The van der Waals surface area contributed by atoms with Crippen molar-refractivity contribution in [3.63, 3.8) is 0 Å². The van der Waals surface area contributed by atoms with Crippen molar-refractivity contribution < 1.29 is 14.6 Å². The van der Waals surface area contributed by atoms with E-state index in [1.165, 1.54) is 4.57 Å². The van der Waals surface area contributed by atoms with Crippen molar-refractivity contribution in [2.24, 2.45) is 0 Å². The molecule has 2 rings (SSSR count). The molecule has 0 radical (unpaired) electrons. The summed E-state index contributed by atoms with van der Waals surface area (Å²) in [6, 6.07) is 4.93. The van der Waals surface area contributed by atoms with Crippen LogP contribution in [0.3, 0.4) is 0 Å². The molecule has 0 aliphatic rings. The lowest BCUT2D eigenvalue weighted by molar-refractivity contribution is 0.0520. The number of fused-ring (bicyclic) bond motifs is 1. The molecule has 0 saturated carbocycles. The monoisotopic (exact) mass is 295 g/mol. The summed E-state index contributed by atoms with van der Waals surface area (Å²) in [5.74, 6) is -1.28. The van der Waals surface area contributed by atoms with Crippen LogP contribution in [-0.4, -0.2) is 22.2 Å². The fourth-order valence-corrected chi connectivity index (χ4v) is 2.40. The molecule has 0 spiro atoms. The molecule has 0 saturated heterocycles. The molecule has 0 bridgehead atoms. The molecule has 0 fully saturated rings. The van der Waals surface area contributed by atoms with Crippen molar-refractivity contribution in [3.8, 4) is 5.75 Å². The number of hydrogen-bond donors (Lipinski definition) is 1. The van der Waals surface area contributed by atoms with Crippen LogP contribution >= 0.6 is 11.6 Å². The van der Waals surface area contributed by atoms with Crippen LogP contribution in [0.1, 0.15) is 24.2 Å². The van der Waals surface area contributed by atoms with Crippen molar-refractivity contribution >= 4 is 28.5 Å². The van der Waals surface area contributed by atoms with Gasteiger partial charge in [-0.15, -0.1) is 0 Å². The highest BCUT2D eigenvalue weighted by atomic mass is 35.5. The minimum atomic E-state index is -0.848. The van der Waals surface area contributed by atoms with Crippen LogP contribution in [0.15, 0.2) is 23.0 Å². The van der Waals surface area contributed by atoms with Gasteiger partial charge in [0.05, 0.1) is 22.5 Å². The lowest BCUT2D eigenvalue weighted by Gasteiger charge is -2.13. The number of carbonyl (C=O) groups is 1. The van der Waals surface area contributed by atoms with Gasteiger partial charge >= 0.3 is 5.97 Å². The number of pyridine rings is 1. The molecule has 1 aromatic heterocycles. The number of halogens is 1. The molecule has 0 amide bonds. The van der Waals surface area contributed by atoms with E-state index < -0.39 is 17.3 Å². The summed E-state index contributed by atoms with van der Waals surface area (Å²) in [4.78, 5) is 24.2. The third kappa shape index (κ3) is 2.14. The Labute approximate surface area is 120 Å². The van der Waals surface area contributed by atoms with E-state index >= 15 is 0 Å². The minimum Gasteiger partial charge on any atom is -0.506 e. The highest BCUT2D eigenvalue weighted by Crippen LogP contribution is 2.32. The number of aryl methyl sites for hydroxylation is 1. The maximum atomic E-state index is 12.3. The van der Waals surface area contributed by atoms with Gasteiger partial charge in [-0.3, -0.25) is 4.79 Å². The maximum Gasteiger partial charge on any atom is 0.347 e. The van der Waals surface area contributed by atoms with Gasteiger partial charge in [0.1, 0.15) is 5.75 Å². The Morgan fingerprint density at radius 2 is 2.10 bits per heavy atom. The fourth-order valence-electron chi connectivity index (χ4n) is 2.14. The van der Waals surface area contributed by atoms with E-state index in [1.807, 2.05) is 0 Å². The van der Waals surface area contributed by atoms with Gasteiger partial charge in [-0.1, -0.05) is 17.7 Å². The number of aromatic hydroxyl groups is 1. The summed E-state index contributed by atoms with van der Waals surface area (Å²) in [6.07, 6.45) is 0. The molecule has 20 heavy (non-hydrogen) atoms. The first-order valence-electron chi connectivity index (χ1n) is 6.24. The Bertz CT molecular complexity index is 736. The fraction of sp³-hybridized carbons (Fsp3) is 0.286. The Hall–Kier alpha value is -2.01. The molecular weight excluding hydrogens is 282 g/mol. The van der Waals surface area contributed by atoms with Gasteiger partial charge in [-0.25, -0.2) is 4.79 Å². The van der Waals surface area contributed by atoms with Crippen molar-refractivity contribution in [1.29, 1.82) is 0 Å². The van der Waals surface area contributed by atoms with E-state index in [-0.39, 0.29) is 22.6 Å². The molecule has 1 aromatic carbocycles. The minimum absolute atomic E-state index is 0.115. The highest BCUT2D eigenvalue weighted by Gasteiger charge is 2.23. The molecule has 0 atom stereocenters. The average molecular weight is 296 g/mol. The number of rotatable bonds is 3. The first-order chi connectivity index (χ1) is 9.52. The Morgan fingerprint density at radius 1 is 1.40 bits per heavy atom. The molecule has 6 heteroatoms. The predicted octanol–water partition coefficient (Wildman–Crippen LogP) is 2.56. The van der Waals surface area contributed by atoms with Gasteiger partial charge in [0.15, 0.2) is 5.56 Å². The number of aromatic nitrogens is 1. The molecular formula is C14H14ClNO4. The first-order valence-corrected chi connectivity index (χ1v) is 6.61. The maximum absolute atomic E-state index is 12.3. The van der Waals surface area contributed by atoms with Crippen LogP contribution in [-0.2, 0) is 11.3 Å². The lowest BCUT2D eigenvalue weighted by atomic mass is 10.1. The summed E-state index contributed by atoms with van der Waals surface area (Å²) in [7, 11) is 0. The van der Waals surface area contributed by atoms with Crippen LogP contribution in [0.25, 0.3) is 10.9 Å². The second-order valence-corrected chi connectivity index (χ2v) is 4.53. The summed E-state index contributed by atoms with van der Waals surface area (Å²) >= 11 is 6.07. The van der Waals surface area contributed by atoms with E-state index in [2.05, 4.69) is 0 Å². The SMILES string of the molecule is CCOC(=O)c1c(O)c2c(Cl)cccc2n(CC)c1=O. The van der Waals surface area contributed by atoms with E-state index in [4.69, 9.17) is 16.3 Å². The molecule has 0 unspecified atom stereocenters. The number of carbonyl (C=O) groups excluding carboxylic acids is 1. The van der Waals surface area contributed by atoms with Crippen molar-refractivity contribution in [2.45, 2.75) is 20.4 Å². The zero-order valence-corrected chi connectivity index (χ0v) is 11.9. The van der Waals surface area contributed by atoms with E-state index in [1.54, 1.807) is 32.0 Å². The van der Waals surface area contributed by atoms with Crippen LogP contribution in [0, 0.1) is 0 Å². The van der Waals surface area contributed by atoms with Gasteiger partial charge < -0.3 is 14.4 Å². The molecule has 0 aliphatic heterocycles. The van der Waals surface area contributed by atoms with Gasteiger partial charge in [-0.2, -0.15) is 0 Å². The average Bonchev–Trinajstić information content (AvgIpc) is 2.39. The van der Waals surface area contributed by atoms with Gasteiger partial charge in [0.25, 0.3) is 5.56 Å². The molecule has 0 aliphatic carbocycles. The van der Waals surface area contributed by atoms with E-state index in [0.29, 0.717) is 12.1 Å². The lowest BCUT2D eigenvalue weighted by Crippen LogP contribution is -2.27.